The Balaban J connectivity index is 1.49. The summed E-state index contributed by atoms with van der Waals surface area (Å²) in [5, 5.41) is 11.6. The van der Waals surface area contributed by atoms with Gasteiger partial charge in [-0.3, -0.25) is 14.4 Å². The fraction of sp³-hybridized carbons (Fsp3) is 0.250. The molecule has 0 atom stereocenters. The Morgan fingerprint density at radius 1 is 1.10 bits per heavy atom. The Kier molecular flexibility index (Phi) is 5.79. The van der Waals surface area contributed by atoms with Crippen LogP contribution in [0.15, 0.2) is 42.5 Å². The van der Waals surface area contributed by atoms with Gasteiger partial charge in [0.1, 0.15) is 24.8 Å². The van der Waals surface area contributed by atoms with E-state index in [2.05, 4.69) is 15.5 Å². The van der Waals surface area contributed by atoms with E-state index >= 15 is 0 Å². The van der Waals surface area contributed by atoms with E-state index in [9.17, 15) is 13.2 Å². The molecule has 2 aromatic carbocycles. The fourth-order valence-electron chi connectivity index (χ4n) is 2.96. The molecule has 162 valence electrons. The van der Waals surface area contributed by atoms with Gasteiger partial charge in [0.2, 0.25) is 21.1 Å². The van der Waals surface area contributed by atoms with Gasteiger partial charge < -0.3 is 9.47 Å². The molecule has 1 amide bonds. The molecule has 31 heavy (non-hydrogen) atoms. The summed E-state index contributed by atoms with van der Waals surface area (Å²) in [6, 6.07) is 12.5. The summed E-state index contributed by atoms with van der Waals surface area (Å²) in [4.78, 5) is 12.6. The van der Waals surface area contributed by atoms with Gasteiger partial charge in [0, 0.05) is 11.6 Å². The maximum atomic E-state index is 12.6. The second-order valence-corrected chi connectivity index (χ2v) is 9.81. The maximum absolute atomic E-state index is 12.6. The monoisotopic (exact) mass is 460 g/mol. The normalized spacial score (nSPS) is 13.0. The predicted molar refractivity (Wildman–Crippen MR) is 118 cm³/mol. The van der Waals surface area contributed by atoms with Gasteiger partial charge in [-0.2, -0.15) is 0 Å². The first-order chi connectivity index (χ1) is 14.8. The van der Waals surface area contributed by atoms with Crippen molar-refractivity contribution in [1.82, 2.24) is 10.2 Å². The zero-order chi connectivity index (χ0) is 22.0. The average molecular weight is 461 g/mol. The van der Waals surface area contributed by atoms with Crippen LogP contribution in [0.3, 0.4) is 0 Å². The summed E-state index contributed by atoms with van der Waals surface area (Å²) in [5.74, 6) is 0.432. The van der Waals surface area contributed by atoms with Crippen LogP contribution >= 0.6 is 11.3 Å². The van der Waals surface area contributed by atoms with Crippen LogP contribution in [0.25, 0.3) is 10.6 Å². The molecule has 0 fully saturated rings. The molecule has 11 heteroatoms. The Hall–Kier alpha value is -3.18. The molecule has 3 aromatic rings. The number of hydrogen-bond donors (Lipinski definition) is 1. The van der Waals surface area contributed by atoms with Gasteiger partial charge in [-0.15, -0.1) is 10.2 Å². The number of rotatable bonds is 6. The number of carbonyl (C=O) groups excluding carboxylic acids is 1. The number of fused-ring (bicyclic) bond motifs is 1. The minimum Gasteiger partial charge on any atom is -0.486 e. The van der Waals surface area contributed by atoms with Crippen molar-refractivity contribution in [2.24, 2.45) is 0 Å². The molecule has 0 radical (unpaired) electrons. The highest BCUT2D eigenvalue weighted by molar-refractivity contribution is 7.92. The lowest BCUT2D eigenvalue weighted by atomic mass is 10.2. The molecule has 1 aliphatic rings. The van der Waals surface area contributed by atoms with E-state index in [0.717, 1.165) is 21.7 Å². The number of sulfonamides is 1. The van der Waals surface area contributed by atoms with Crippen molar-refractivity contribution in [3.8, 4) is 22.1 Å². The average Bonchev–Trinajstić information content (AvgIpc) is 3.19. The third-order valence-corrected chi connectivity index (χ3v) is 6.50. The standard InChI is InChI=1S/C20H20N4O5S2/c1-13-3-5-14(6-4-13)19-22-23-20(30-19)21-18(25)12-24(31(2,26)27)15-7-8-16-17(11-15)29-10-9-28-16/h3-8,11H,9-10,12H2,1-2H3,(H,21,23,25). The summed E-state index contributed by atoms with van der Waals surface area (Å²) in [6.45, 7) is 2.37. The number of ether oxygens (including phenoxy) is 2. The third kappa shape index (κ3) is 4.94. The minimum atomic E-state index is -3.73. The molecular weight excluding hydrogens is 440 g/mol. The van der Waals surface area contributed by atoms with Crippen LogP contribution in [-0.4, -0.2) is 50.5 Å². The van der Waals surface area contributed by atoms with Crippen molar-refractivity contribution in [2.45, 2.75) is 6.92 Å². The predicted octanol–water partition coefficient (Wildman–Crippen LogP) is 2.69. The minimum absolute atomic E-state index is 0.288. The van der Waals surface area contributed by atoms with Crippen LogP contribution in [0, 0.1) is 6.92 Å². The molecule has 0 aliphatic carbocycles. The highest BCUT2D eigenvalue weighted by Crippen LogP contribution is 2.34. The molecule has 4 rings (SSSR count). The molecule has 0 unspecified atom stereocenters. The molecule has 1 N–H and O–H groups in total. The number of nitrogens with one attached hydrogen (secondary N) is 1. The quantitative estimate of drug-likeness (QED) is 0.602. The van der Waals surface area contributed by atoms with Crippen LogP contribution in [0.5, 0.6) is 11.5 Å². The van der Waals surface area contributed by atoms with E-state index in [4.69, 9.17) is 9.47 Å². The van der Waals surface area contributed by atoms with Gasteiger partial charge in [0.25, 0.3) is 0 Å². The lowest BCUT2D eigenvalue weighted by molar-refractivity contribution is -0.114. The molecule has 2 heterocycles. The molecule has 0 saturated heterocycles. The number of carbonyl (C=O) groups is 1. The Morgan fingerprint density at radius 3 is 2.52 bits per heavy atom. The number of anilines is 2. The van der Waals surface area contributed by atoms with Crippen molar-refractivity contribution in [2.75, 3.05) is 35.6 Å². The zero-order valence-corrected chi connectivity index (χ0v) is 18.5. The SMILES string of the molecule is Cc1ccc(-c2nnc(NC(=O)CN(c3ccc4c(c3)OCCO4)S(C)(=O)=O)s2)cc1. The first kappa shape index (κ1) is 21.1. The number of amides is 1. The van der Waals surface area contributed by atoms with Gasteiger partial charge in [0.15, 0.2) is 11.5 Å². The van der Waals surface area contributed by atoms with Gasteiger partial charge in [0.05, 0.1) is 11.9 Å². The second-order valence-electron chi connectivity index (χ2n) is 6.92. The third-order valence-electron chi connectivity index (χ3n) is 4.47. The van der Waals surface area contributed by atoms with Gasteiger partial charge in [-0.05, 0) is 19.1 Å². The second kappa shape index (κ2) is 8.52. The van der Waals surface area contributed by atoms with Crippen LogP contribution < -0.4 is 19.1 Å². The number of benzene rings is 2. The van der Waals surface area contributed by atoms with Crippen molar-refractivity contribution in [3.05, 3.63) is 48.0 Å². The summed E-state index contributed by atoms with van der Waals surface area (Å²) in [5.41, 5.74) is 2.32. The van der Waals surface area contributed by atoms with E-state index in [-0.39, 0.29) is 5.13 Å². The number of nitrogens with zero attached hydrogens (tertiary/aromatic N) is 3. The lowest BCUT2D eigenvalue weighted by Crippen LogP contribution is -2.37. The smallest absolute Gasteiger partial charge is 0.246 e. The van der Waals surface area contributed by atoms with Crippen LogP contribution in [0.4, 0.5) is 10.8 Å². The Bertz CT molecular complexity index is 1210. The van der Waals surface area contributed by atoms with Gasteiger partial charge >= 0.3 is 0 Å². The summed E-state index contributed by atoms with van der Waals surface area (Å²) in [7, 11) is -3.73. The van der Waals surface area contributed by atoms with E-state index in [1.54, 1.807) is 18.2 Å². The summed E-state index contributed by atoms with van der Waals surface area (Å²) in [6.07, 6.45) is 1.04. The molecular formula is C20H20N4O5S2. The lowest BCUT2D eigenvalue weighted by Gasteiger charge is -2.24. The van der Waals surface area contributed by atoms with E-state index in [1.165, 1.54) is 11.3 Å². The van der Waals surface area contributed by atoms with Crippen LogP contribution in [0.1, 0.15) is 5.56 Å². The van der Waals surface area contributed by atoms with Crippen molar-refractivity contribution >= 4 is 38.1 Å². The molecule has 1 aromatic heterocycles. The Labute approximate surface area is 183 Å². The number of aromatic nitrogens is 2. The van der Waals surface area contributed by atoms with E-state index in [1.807, 2.05) is 31.2 Å². The first-order valence-corrected chi connectivity index (χ1v) is 12.0. The van der Waals surface area contributed by atoms with Crippen molar-refractivity contribution in [1.29, 1.82) is 0 Å². The Morgan fingerprint density at radius 2 is 1.81 bits per heavy atom. The molecule has 0 bridgehead atoms. The van der Waals surface area contributed by atoms with Crippen LogP contribution in [-0.2, 0) is 14.8 Å². The largest absolute Gasteiger partial charge is 0.486 e. The van der Waals surface area contributed by atoms with Crippen molar-refractivity contribution < 1.29 is 22.7 Å². The molecule has 0 spiro atoms. The highest BCUT2D eigenvalue weighted by atomic mass is 32.2. The molecule has 9 nitrogen and oxygen atoms in total. The van der Waals surface area contributed by atoms with E-state index in [0.29, 0.717) is 35.4 Å². The van der Waals surface area contributed by atoms with Crippen LogP contribution in [0.2, 0.25) is 0 Å². The molecule has 0 saturated carbocycles. The van der Waals surface area contributed by atoms with Gasteiger partial charge in [-0.1, -0.05) is 41.2 Å². The topological polar surface area (TPSA) is 111 Å². The first-order valence-electron chi connectivity index (χ1n) is 9.37. The zero-order valence-electron chi connectivity index (χ0n) is 16.9. The summed E-state index contributed by atoms with van der Waals surface area (Å²) >= 11 is 1.21. The fourth-order valence-corrected chi connectivity index (χ4v) is 4.58. The van der Waals surface area contributed by atoms with Gasteiger partial charge in [-0.25, -0.2) is 8.42 Å². The van der Waals surface area contributed by atoms with E-state index < -0.39 is 22.5 Å². The summed E-state index contributed by atoms with van der Waals surface area (Å²) < 4.78 is 36.7. The number of aryl methyl sites for hydroxylation is 1. The number of hydrogen-bond acceptors (Lipinski definition) is 8. The maximum Gasteiger partial charge on any atom is 0.246 e. The highest BCUT2D eigenvalue weighted by Gasteiger charge is 2.24. The van der Waals surface area contributed by atoms with Crippen molar-refractivity contribution in [3.63, 3.8) is 0 Å². The molecule has 1 aliphatic heterocycles.